The van der Waals surface area contributed by atoms with Crippen LogP contribution in [0.1, 0.15) is 15.9 Å². The monoisotopic (exact) mass is 296 g/mol. The number of benzene rings is 2. The molecule has 3 nitrogen and oxygen atoms in total. The number of para-hydroxylation sites is 1. The van der Waals surface area contributed by atoms with Crippen LogP contribution in [0.25, 0.3) is 11.0 Å². The van der Waals surface area contributed by atoms with Crippen molar-refractivity contribution in [3.8, 4) is 0 Å². The number of hydrogen-bond donors (Lipinski definition) is 0. The minimum atomic E-state index is -0.306. The number of carbonyl (C=O) groups excluding carboxylic acids is 1. The number of rotatable bonds is 3. The van der Waals surface area contributed by atoms with Crippen molar-refractivity contribution in [3.63, 3.8) is 0 Å². The fourth-order valence-electron chi connectivity index (χ4n) is 2.19. The first-order valence-corrected chi connectivity index (χ1v) is 7.64. The SMILES string of the molecule is CSc1oc2ccccc2c(=O)c1C(=O)c1ccccc1. The molecule has 2 aromatic carbocycles. The van der Waals surface area contributed by atoms with Crippen LogP contribution in [0.3, 0.4) is 0 Å². The Balaban J connectivity index is 2.29. The maximum atomic E-state index is 12.6. The van der Waals surface area contributed by atoms with Crippen LogP contribution in [0.15, 0.2) is 68.9 Å². The Hall–Kier alpha value is -2.33. The standard InChI is InChI=1S/C17H12O3S/c1-21-17-14(15(18)11-7-3-2-4-8-11)16(19)12-9-5-6-10-13(12)20-17/h2-10H,1H3. The second-order valence-corrected chi connectivity index (χ2v) is 5.27. The summed E-state index contributed by atoms with van der Waals surface area (Å²) < 4.78 is 5.71. The third kappa shape index (κ3) is 2.38. The molecule has 104 valence electrons. The highest BCUT2D eigenvalue weighted by atomic mass is 32.2. The van der Waals surface area contributed by atoms with Gasteiger partial charge in [0.05, 0.1) is 5.39 Å². The molecule has 3 rings (SSSR count). The van der Waals surface area contributed by atoms with Crippen LogP contribution >= 0.6 is 11.8 Å². The number of carbonyl (C=O) groups is 1. The van der Waals surface area contributed by atoms with Gasteiger partial charge in [-0.1, -0.05) is 54.2 Å². The van der Waals surface area contributed by atoms with Gasteiger partial charge in [-0.25, -0.2) is 0 Å². The number of fused-ring (bicyclic) bond motifs is 1. The van der Waals surface area contributed by atoms with E-state index in [1.54, 1.807) is 54.8 Å². The van der Waals surface area contributed by atoms with Gasteiger partial charge in [-0.3, -0.25) is 9.59 Å². The molecule has 0 aliphatic heterocycles. The Morgan fingerprint density at radius 2 is 1.67 bits per heavy atom. The molecule has 0 spiro atoms. The molecular weight excluding hydrogens is 284 g/mol. The predicted molar refractivity (Wildman–Crippen MR) is 84.1 cm³/mol. The first kappa shape index (κ1) is 13.6. The molecule has 3 aromatic rings. The van der Waals surface area contributed by atoms with Crippen molar-refractivity contribution in [2.24, 2.45) is 0 Å². The number of ketones is 1. The van der Waals surface area contributed by atoms with Gasteiger partial charge >= 0.3 is 0 Å². The highest BCUT2D eigenvalue weighted by Crippen LogP contribution is 2.24. The minimum absolute atomic E-state index is 0.104. The molecule has 0 fully saturated rings. The highest BCUT2D eigenvalue weighted by Gasteiger charge is 2.21. The number of thioether (sulfide) groups is 1. The van der Waals surface area contributed by atoms with Crippen LogP contribution in [-0.2, 0) is 0 Å². The lowest BCUT2D eigenvalue weighted by Crippen LogP contribution is -2.17. The average Bonchev–Trinajstić information content (AvgIpc) is 2.55. The van der Waals surface area contributed by atoms with Gasteiger partial charge in [0.25, 0.3) is 0 Å². The van der Waals surface area contributed by atoms with Crippen molar-refractivity contribution < 1.29 is 9.21 Å². The molecule has 0 unspecified atom stereocenters. The Kier molecular flexibility index (Phi) is 3.62. The molecule has 0 aliphatic carbocycles. The summed E-state index contributed by atoms with van der Waals surface area (Å²) in [6.45, 7) is 0. The van der Waals surface area contributed by atoms with Crippen molar-refractivity contribution in [2.75, 3.05) is 6.26 Å². The summed E-state index contributed by atoms with van der Waals surface area (Å²) in [5.41, 5.74) is 0.800. The Morgan fingerprint density at radius 3 is 2.38 bits per heavy atom. The quantitative estimate of drug-likeness (QED) is 0.545. The van der Waals surface area contributed by atoms with Gasteiger partial charge in [0.15, 0.2) is 5.09 Å². The first-order valence-electron chi connectivity index (χ1n) is 6.42. The minimum Gasteiger partial charge on any atom is -0.449 e. The van der Waals surface area contributed by atoms with Gasteiger partial charge in [0.1, 0.15) is 11.1 Å². The lowest BCUT2D eigenvalue weighted by Gasteiger charge is -2.07. The van der Waals surface area contributed by atoms with Gasteiger partial charge in [0, 0.05) is 5.56 Å². The second-order valence-electron chi connectivity index (χ2n) is 4.49. The molecule has 0 aliphatic rings. The van der Waals surface area contributed by atoms with Crippen LogP contribution in [0.4, 0.5) is 0 Å². The molecule has 0 atom stereocenters. The van der Waals surface area contributed by atoms with E-state index in [1.165, 1.54) is 11.8 Å². The smallest absolute Gasteiger partial charge is 0.205 e. The molecule has 4 heteroatoms. The highest BCUT2D eigenvalue weighted by molar-refractivity contribution is 7.98. The first-order chi connectivity index (χ1) is 10.2. The van der Waals surface area contributed by atoms with Gasteiger partial charge in [0.2, 0.25) is 11.2 Å². The van der Waals surface area contributed by atoms with Crippen LogP contribution in [0.5, 0.6) is 0 Å². The van der Waals surface area contributed by atoms with Gasteiger partial charge < -0.3 is 4.42 Å². The Morgan fingerprint density at radius 1 is 1.00 bits per heavy atom. The van der Waals surface area contributed by atoms with Crippen molar-refractivity contribution in [1.82, 2.24) is 0 Å². The van der Waals surface area contributed by atoms with Crippen molar-refractivity contribution in [2.45, 2.75) is 5.09 Å². The van der Waals surface area contributed by atoms with Crippen molar-refractivity contribution in [1.29, 1.82) is 0 Å². The zero-order valence-corrected chi connectivity index (χ0v) is 12.1. The largest absolute Gasteiger partial charge is 0.449 e. The molecule has 21 heavy (non-hydrogen) atoms. The van der Waals surface area contributed by atoms with Crippen LogP contribution in [-0.4, -0.2) is 12.0 Å². The maximum absolute atomic E-state index is 12.6. The summed E-state index contributed by atoms with van der Waals surface area (Å²) in [7, 11) is 0. The zero-order valence-electron chi connectivity index (χ0n) is 11.3. The summed E-state index contributed by atoms with van der Waals surface area (Å²) >= 11 is 1.26. The molecule has 0 radical (unpaired) electrons. The molecule has 0 bridgehead atoms. The van der Waals surface area contributed by atoms with Crippen LogP contribution < -0.4 is 5.43 Å². The fourth-order valence-corrected chi connectivity index (χ4v) is 2.76. The normalized spacial score (nSPS) is 10.7. The molecule has 0 saturated carbocycles. The number of hydrogen-bond acceptors (Lipinski definition) is 4. The average molecular weight is 296 g/mol. The topological polar surface area (TPSA) is 47.3 Å². The van der Waals surface area contributed by atoms with E-state index < -0.39 is 0 Å². The van der Waals surface area contributed by atoms with E-state index >= 15 is 0 Å². The third-order valence-corrected chi connectivity index (χ3v) is 3.87. The van der Waals surface area contributed by atoms with E-state index in [0.717, 1.165) is 0 Å². The summed E-state index contributed by atoms with van der Waals surface area (Å²) in [6, 6.07) is 15.7. The van der Waals surface area contributed by atoms with E-state index in [0.29, 0.717) is 21.6 Å². The van der Waals surface area contributed by atoms with E-state index in [4.69, 9.17) is 4.42 Å². The fraction of sp³-hybridized carbons (Fsp3) is 0.0588. The maximum Gasteiger partial charge on any atom is 0.205 e. The molecule has 1 heterocycles. The predicted octanol–water partition coefficient (Wildman–Crippen LogP) is 3.75. The van der Waals surface area contributed by atoms with E-state index in [9.17, 15) is 9.59 Å². The molecule has 0 saturated heterocycles. The summed E-state index contributed by atoms with van der Waals surface area (Å²) in [5.74, 6) is -0.306. The lowest BCUT2D eigenvalue weighted by molar-refractivity contribution is 0.103. The van der Waals surface area contributed by atoms with Crippen molar-refractivity contribution >= 4 is 28.5 Å². The Bertz CT molecular complexity index is 866. The molecule has 0 N–H and O–H groups in total. The molecular formula is C17H12O3S. The second kappa shape index (κ2) is 5.58. The Labute approximate surface area is 125 Å². The summed E-state index contributed by atoms with van der Waals surface area (Å²) in [6.07, 6.45) is 1.79. The van der Waals surface area contributed by atoms with E-state index in [2.05, 4.69) is 0 Å². The molecule has 0 amide bonds. The van der Waals surface area contributed by atoms with Crippen molar-refractivity contribution in [3.05, 3.63) is 75.9 Å². The van der Waals surface area contributed by atoms with Gasteiger partial charge in [-0.2, -0.15) is 0 Å². The summed E-state index contributed by atoms with van der Waals surface area (Å²) in [4.78, 5) is 25.2. The lowest BCUT2D eigenvalue weighted by atomic mass is 10.0. The summed E-state index contributed by atoms with van der Waals surface area (Å²) in [5, 5.41) is 0.780. The molecule has 1 aromatic heterocycles. The zero-order chi connectivity index (χ0) is 14.8. The van der Waals surface area contributed by atoms with Crippen LogP contribution in [0, 0.1) is 0 Å². The van der Waals surface area contributed by atoms with Crippen LogP contribution in [0.2, 0.25) is 0 Å². The third-order valence-electron chi connectivity index (χ3n) is 3.21. The van der Waals surface area contributed by atoms with E-state index in [1.807, 2.05) is 6.07 Å². The van der Waals surface area contributed by atoms with Gasteiger partial charge in [-0.05, 0) is 18.4 Å². The van der Waals surface area contributed by atoms with E-state index in [-0.39, 0.29) is 16.8 Å². The van der Waals surface area contributed by atoms with Gasteiger partial charge in [-0.15, -0.1) is 0 Å².